The third-order valence-corrected chi connectivity index (χ3v) is 3.15. The Balaban J connectivity index is 2.80. The molecule has 0 saturated carbocycles. The third kappa shape index (κ3) is 2.80. The maximum atomic E-state index is 13.1. The molecule has 4 heteroatoms. The van der Waals surface area contributed by atoms with Gasteiger partial charge in [-0.05, 0) is 32.9 Å². The Hall–Kier alpha value is -0.900. The van der Waals surface area contributed by atoms with Gasteiger partial charge >= 0.3 is 0 Å². The molecular weight excluding hydrogens is 201 g/mol. The first-order valence-electron chi connectivity index (χ1n) is 4.34. The molecule has 0 radical (unpaired) electrons. The number of hydrogen-bond donors (Lipinski definition) is 1. The van der Waals surface area contributed by atoms with Crippen molar-refractivity contribution in [1.29, 1.82) is 0 Å². The minimum atomic E-state index is -1.29. The van der Waals surface area contributed by atoms with E-state index < -0.39 is 15.7 Å². The summed E-state index contributed by atoms with van der Waals surface area (Å²) in [6.45, 7) is 5.49. The Morgan fingerprint density at radius 1 is 1.29 bits per heavy atom. The van der Waals surface area contributed by atoms with Gasteiger partial charge in [0.25, 0.3) is 0 Å². The highest BCUT2D eigenvalue weighted by Gasteiger charge is 2.20. The summed E-state index contributed by atoms with van der Waals surface area (Å²) >= 11 is 0. The first kappa shape index (κ1) is 11.2. The molecule has 1 aromatic rings. The van der Waals surface area contributed by atoms with Crippen LogP contribution in [0.15, 0.2) is 24.3 Å². The van der Waals surface area contributed by atoms with Crippen LogP contribution in [0.5, 0.6) is 0 Å². The van der Waals surface area contributed by atoms with E-state index in [1.165, 1.54) is 6.07 Å². The van der Waals surface area contributed by atoms with Gasteiger partial charge in [-0.25, -0.2) is 8.60 Å². The summed E-state index contributed by atoms with van der Waals surface area (Å²) in [5.41, 5.74) is 0.278. The first-order chi connectivity index (χ1) is 6.41. The molecule has 0 spiro atoms. The maximum Gasteiger partial charge on any atom is 0.147 e. The molecule has 0 heterocycles. The molecule has 0 fully saturated rings. The monoisotopic (exact) mass is 215 g/mol. The van der Waals surface area contributed by atoms with E-state index in [1.807, 2.05) is 20.8 Å². The fourth-order valence-electron chi connectivity index (χ4n) is 0.797. The molecule has 1 N–H and O–H groups in total. The zero-order valence-corrected chi connectivity index (χ0v) is 9.32. The smallest absolute Gasteiger partial charge is 0.147 e. The molecule has 78 valence electrons. The summed E-state index contributed by atoms with van der Waals surface area (Å²) in [6.07, 6.45) is 0. The number of anilines is 1. The normalized spacial score (nSPS) is 13.7. The van der Waals surface area contributed by atoms with Crippen molar-refractivity contribution in [2.75, 3.05) is 4.72 Å². The summed E-state index contributed by atoms with van der Waals surface area (Å²) in [4.78, 5) is 0. The van der Waals surface area contributed by atoms with E-state index in [4.69, 9.17) is 0 Å². The van der Waals surface area contributed by atoms with E-state index in [0.29, 0.717) is 0 Å². The molecule has 0 aliphatic carbocycles. The molecule has 1 aromatic carbocycles. The number of benzene rings is 1. The van der Waals surface area contributed by atoms with Crippen LogP contribution in [-0.4, -0.2) is 8.96 Å². The number of rotatable bonds is 2. The molecule has 0 unspecified atom stereocenters. The van der Waals surface area contributed by atoms with Crippen LogP contribution in [0.3, 0.4) is 0 Å². The lowest BCUT2D eigenvalue weighted by atomic mass is 10.3. The van der Waals surface area contributed by atoms with Crippen LogP contribution in [-0.2, 0) is 11.0 Å². The summed E-state index contributed by atoms with van der Waals surface area (Å²) in [5, 5.41) is 0. The molecule has 1 rings (SSSR count). The minimum absolute atomic E-state index is 0.278. The van der Waals surface area contributed by atoms with Gasteiger partial charge in [-0.1, -0.05) is 12.1 Å². The second kappa shape index (κ2) is 4.09. The molecule has 14 heavy (non-hydrogen) atoms. The van der Waals surface area contributed by atoms with E-state index in [1.54, 1.807) is 18.2 Å². The second-order valence-corrected chi connectivity index (χ2v) is 5.93. The van der Waals surface area contributed by atoms with Crippen LogP contribution in [0, 0.1) is 5.82 Å². The second-order valence-electron chi connectivity index (χ2n) is 3.96. The fraction of sp³-hybridized carbons (Fsp3) is 0.400. The summed E-state index contributed by atoms with van der Waals surface area (Å²) in [6, 6.07) is 6.20. The van der Waals surface area contributed by atoms with Crippen molar-refractivity contribution in [2.24, 2.45) is 0 Å². The zero-order chi connectivity index (χ0) is 10.8. The summed E-state index contributed by atoms with van der Waals surface area (Å²) in [7, 11) is -1.29. The van der Waals surface area contributed by atoms with Crippen molar-refractivity contribution in [3.05, 3.63) is 30.1 Å². The first-order valence-corrected chi connectivity index (χ1v) is 5.49. The van der Waals surface area contributed by atoms with Crippen molar-refractivity contribution in [2.45, 2.75) is 25.5 Å². The minimum Gasteiger partial charge on any atom is -0.302 e. The summed E-state index contributed by atoms with van der Waals surface area (Å²) in [5.74, 6) is -0.384. The predicted molar refractivity (Wildman–Crippen MR) is 57.9 cm³/mol. The molecule has 0 bridgehead atoms. The van der Waals surface area contributed by atoms with Gasteiger partial charge in [-0.2, -0.15) is 0 Å². The quantitative estimate of drug-likeness (QED) is 0.807. The average Bonchev–Trinajstić information content (AvgIpc) is 2.07. The molecule has 0 aliphatic heterocycles. The number of halogens is 1. The van der Waals surface area contributed by atoms with Crippen molar-refractivity contribution < 1.29 is 8.60 Å². The van der Waals surface area contributed by atoms with Crippen molar-refractivity contribution in [3.8, 4) is 0 Å². The van der Waals surface area contributed by atoms with Gasteiger partial charge in [0.05, 0.1) is 10.4 Å². The van der Waals surface area contributed by atoms with E-state index in [9.17, 15) is 8.60 Å². The van der Waals surface area contributed by atoms with Crippen LogP contribution < -0.4 is 4.72 Å². The maximum absolute atomic E-state index is 13.1. The van der Waals surface area contributed by atoms with Gasteiger partial charge < -0.3 is 4.72 Å². The standard InChI is InChI=1S/C10H14FNOS/c1-10(2,3)14(13)12-9-7-5-4-6-8(9)11/h4-7,12H,1-3H3/t14-/m0/s1. The topological polar surface area (TPSA) is 29.1 Å². The largest absolute Gasteiger partial charge is 0.302 e. The number of nitrogens with one attached hydrogen (secondary N) is 1. The van der Waals surface area contributed by atoms with Crippen molar-refractivity contribution in [1.82, 2.24) is 0 Å². The van der Waals surface area contributed by atoms with Gasteiger partial charge in [0.1, 0.15) is 16.8 Å². The Bertz CT molecular complexity index is 346. The van der Waals surface area contributed by atoms with Gasteiger partial charge in [-0.3, -0.25) is 0 Å². The highest BCUT2D eigenvalue weighted by molar-refractivity contribution is 7.87. The fourth-order valence-corrected chi connectivity index (χ4v) is 1.47. The number of para-hydroxylation sites is 1. The molecule has 1 atom stereocenters. The summed E-state index contributed by atoms with van der Waals surface area (Å²) < 4.78 is 27.0. The number of hydrogen-bond acceptors (Lipinski definition) is 1. The van der Waals surface area contributed by atoms with Crippen molar-refractivity contribution >= 4 is 16.7 Å². The van der Waals surface area contributed by atoms with Crippen molar-refractivity contribution in [3.63, 3.8) is 0 Å². The van der Waals surface area contributed by atoms with Crippen LogP contribution in [0.25, 0.3) is 0 Å². The highest BCUT2D eigenvalue weighted by Crippen LogP contribution is 2.18. The molecule has 0 aromatic heterocycles. The van der Waals surface area contributed by atoms with Gasteiger partial charge in [-0.15, -0.1) is 0 Å². The van der Waals surface area contributed by atoms with Gasteiger partial charge in [0.2, 0.25) is 0 Å². The van der Waals surface area contributed by atoms with E-state index in [-0.39, 0.29) is 11.5 Å². The molecule has 0 aliphatic rings. The Morgan fingerprint density at radius 3 is 2.36 bits per heavy atom. The molecule has 0 amide bonds. The average molecular weight is 215 g/mol. The highest BCUT2D eigenvalue weighted by atomic mass is 32.2. The lowest BCUT2D eigenvalue weighted by molar-refractivity contribution is 0.629. The molecular formula is C10H14FNOS. The Kier molecular flexibility index (Phi) is 3.26. The van der Waals surface area contributed by atoms with E-state index >= 15 is 0 Å². The Labute approximate surface area is 86.1 Å². The predicted octanol–water partition coefficient (Wildman–Crippen LogP) is 2.70. The van der Waals surface area contributed by atoms with Crippen LogP contribution in [0.1, 0.15) is 20.8 Å². The van der Waals surface area contributed by atoms with Crippen LogP contribution in [0.2, 0.25) is 0 Å². The van der Waals surface area contributed by atoms with E-state index in [2.05, 4.69) is 4.72 Å². The lowest BCUT2D eigenvalue weighted by Gasteiger charge is -2.18. The van der Waals surface area contributed by atoms with Gasteiger partial charge in [0, 0.05) is 0 Å². The van der Waals surface area contributed by atoms with Crippen LogP contribution in [0.4, 0.5) is 10.1 Å². The van der Waals surface area contributed by atoms with Gasteiger partial charge in [0.15, 0.2) is 0 Å². The SMILES string of the molecule is CC(C)(C)[S@](=O)Nc1ccccc1F. The van der Waals surface area contributed by atoms with Crippen LogP contribution >= 0.6 is 0 Å². The van der Waals surface area contributed by atoms with E-state index in [0.717, 1.165) is 0 Å². The molecule has 2 nitrogen and oxygen atoms in total. The zero-order valence-electron chi connectivity index (χ0n) is 8.50. The lowest BCUT2D eigenvalue weighted by Crippen LogP contribution is -2.27. The third-order valence-electron chi connectivity index (χ3n) is 1.63. The Morgan fingerprint density at radius 2 is 1.86 bits per heavy atom. The molecule has 0 saturated heterocycles.